The van der Waals surface area contributed by atoms with Crippen LogP contribution in [0.15, 0.2) is 0 Å². The van der Waals surface area contributed by atoms with Gasteiger partial charge in [0.1, 0.15) is 47.7 Å². The highest BCUT2D eigenvalue weighted by Gasteiger charge is 2.42. The van der Waals surface area contributed by atoms with Gasteiger partial charge in [-0.25, -0.2) is 4.79 Å². The summed E-state index contributed by atoms with van der Waals surface area (Å²) in [5.41, 5.74) is 8.25. The highest BCUT2D eigenvalue weighted by atomic mass is 32.2. The number of aliphatic carboxylic acids is 3. The first-order valence-electron chi connectivity index (χ1n) is 23.5. The zero-order chi connectivity index (χ0) is 48.6. The number of esters is 1. The molecule has 17 heteroatoms. The van der Waals surface area contributed by atoms with Gasteiger partial charge in [-0.05, 0) is 107 Å². The van der Waals surface area contributed by atoms with E-state index in [2.05, 4.69) is 45.3 Å². The second kappa shape index (κ2) is 26.1. The number of carbonyl (C=O) groups excluding carboxylic acids is 4. The van der Waals surface area contributed by atoms with E-state index >= 15 is 0 Å². The lowest BCUT2D eigenvalue weighted by molar-refractivity contribution is -0.154. The minimum Gasteiger partial charge on any atom is -0.487 e. The number of benzene rings is 1. The predicted octanol–water partition coefficient (Wildman–Crippen LogP) is 6.34. The smallest absolute Gasteiger partial charge is 0.326 e. The molecule has 0 saturated carbocycles. The second-order valence-corrected chi connectivity index (χ2v) is 20.3. The summed E-state index contributed by atoms with van der Waals surface area (Å²) in [4.78, 5) is 89.7. The largest absolute Gasteiger partial charge is 0.487 e. The standard InChI is InChI=1S/C48H76N4O12S/c1-28(2)13-9-14-29(3)15-10-16-30(4)17-11-22-48(8)23-21-34-33(7)41(31(5)32(6)42(34)64-48)63-47(62)35(44(57)52-24-12-18-38(52)46(60)61)26-65-27-37(43(56)50-25-40(54)55)51-39(53)20-19-36(49)45(58)59/h28-30,35-38H,9-27,49H2,1-8H3,(H,50,56)(H,51,53)(H,54,55)(H,58,59)(H,60,61)/t29?,30?,35?,36-,37-,38?,48?/m0/s1. The van der Waals surface area contributed by atoms with E-state index in [0.717, 1.165) is 71.1 Å². The van der Waals surface area contributed by atoms with Crippen molar-refractivity contribution in [3.8, 4) is 11.5 Å². The number of hydrogen-bond donors (Lipinski definition) is 6. The van der Waals surface area contributed by atoms with Crippen LogP contribution in [0.3, 0.4) is 0 Å². The van der Waals surface area contributed by atoms with E-state index in [9.17, 15) is 38.7 Å². The Labute approximate surface area is 389 Å². The predicted molar refractivity (Wildman–Crippen MR) is 249 cm³/mol. The average Bonchev–Trinajstić information content (AvgIpc) is 3.74. The molecule has 1 saturated heterocycles. The lowest BCUT2D eigenvalue weighted by atomic mass is 9.83. The van der Waals surface area contributed by atoms with Crippen molar-refractivity contribution < 1.29 is 58.4 Å². The number of carboxylic acid groups (broad SMARTS) is 3. The molecular formula is C48H76N4O12S. The number of nitrogens with zero attached hydrogens (tertiary/aromatic N) is 1. The molecule has 7 atom stereocenters. The summed E-state index contributed by atoms with van der Waals surface area (Å²) < 4.78 is 12.9. The topological polar surface area (TPSA) is 252 Å². The quantitative estimate of drug-likeness (QED) is 0.0305. The molecule has 2 heterocycles. The number of amides is 3. The molecule has 2 aliphatic rings. The first kappa shape index (κ1) is 55.0. The molecule has 1 fully saturated rings. The molecule has 0 radical (unpaired) electrons. The fraction of sp³-hybridized carbons (Fsp3) is 0.729. The third-order valence-corrected chi connectivity index (χ3v) is 14.2. The Morgan fingerprint density at radius 1 is 0.877 bits per heavy atom. The Morgan fingerprint density at radius 3 is 2.11 bits per heavy atom. The third-order valence-electron chi connectivity index (χ3n) is 13.1. The van der Waals surface area contributed by atoms with Crippen molar-refractivity contribution >= 4 is 53.4 Å². The maximum atomic E-state index is 14.2. The normalized spacial score (nSPS) is 19.3. The number of nitrogens with one attached hydrogen (secondary N) is 2. The van der Waals surface area contributed by atoms with E-state index in [0.29, 0.717) is 35.6 Å². The van der Waals surface area contributed by atoms with Crippen molar-refractivity contribution in [2.45, 2.75) is 175 Å². The van der Waals surface area contributed by atoms with Crippen LogP contribution >= 0.6 is 11.8 Å². The van der Waals surface area contributed by atoms with Crippen LogP contribution in [-0.2, 0) is 40.0 Å². The number of nitrogens with two attached hydrogens (primary N) is 1. The van der Waals surface area contributed by atoms with Crippen LogP contribution in [0.2, 0.25) is 0 Å². The molecule has 65 heavy (non-hydrogen) atoms. The van der Waals surface area contributed by atoms with Crippen LogP contribution in [0.1, 0.15) is 147 Å². The molecule has 5 unspecified atom stereocenters. The van der Waals surface area contributed by atoms with Crippen molar-refractivity contribution in [3.63, 3.8) is 0 Å². The van der Waals surface area contributed by atoms with Gasteiger partial charge in [-0.2, -0.15) is 11.8 Å². The number of likely N-dealkylation sites (tertiary alicyclic amines) is 1. The summed E-state index contributed by atoms with van der Waals surface area (Å²) >= 11 is 0.931. The fourth-order valence-electron chi connectivity index (χ4n) is 8.76. The van der Waals surface area contributed by atoms with E-state index in [1.165, 1.54) is 38.5 Å². The molecule has 7 N–H and O–H groups in total. The van der Waals surface area contributed by atoms with Crippen LogP contribution in [0, 0.1) is 44.4 Å². The zero-order valence-electron chi connectivity index (χ0n) is 39.9. The van der Waals surface area contributed by atoms with Crippen molar-refractivity contribution in [3.05, 3.63) is 22.3 Å². The number of rotatable bonds is 28. The molecule has 3 rings (SSSR count). The summed E-state index contributed by atoms with van der Waals surface area (Å²) in [6.07, 6.45) is 12.3. The van der Waals surface area contributed by atoms with Crippen molar-refractivity contribution in [1.29, 1.82) is 0 Å². The minimum atomic E-state index is -1.51. The average molecular weight is 933 g/mol. The van der Waals surface area contributed by atoms with Gasteiger partial charge in [-0.15, -0.1) is 0 Å². The van der Waals surface area contributed by atoms with Crippen LogP contribution in [0.4, 0.5) is 0 Å². The second-order valence-electron chi connectivity index (χ2n) is 19.2. The SMILES string of the molecule is Cc1c(C)c2c(c(C)c1OC(=O)C(CSC[C@H](NC(=O)CC[C@H](N)C(=O)O)C(=O)NCC(=O)O)C(=O)N1CCCC1C(=O)O)CCC(C)(CCCC(C)CCCC(C)CCCC(C)C)O2. The van der Waals surface area contributed by atoms with Crippen LogP contribution in [0.25, 0.3) is 0 Å². The highest BCUT2D eigenvalue weighted by molar-refractivity contribution is 7.99. The molecule has 366 valence electrons. The first-order valence-corrected chi connectivity index (χ1v) is 24.6. The maximum absolute atomic E-state index is 14.2. The zero-order valence-corrected chi connectivity index (χ0v) is 40.7. The molecule has 16 nitrogen and oxygen atoms in total. The van der Waals surface area contributed by atoms with Crippen molar-refractivity contribution in [2.75, 3.05) is 24.6 Å². The van der Waals surface area contributed by atoms with Gasteiger partial charge in [-0.3, -0.25) is 28.8 Å². The first-order chi connectivity index (χ1) is 30.5. The summed E-state index contributed by atoms with van der Waals surface area (Å²) in [5.74, 6) is -5.89. The lowest BCUT2D eigenvalue weighted by Gasteiger charge is -2.38. The minimum absolute atomic E-state index is 0.113. The molecule has 0 aliphatic carbocycles. The van der Waals surface area contributed by atoms with E-state index < -0.39 is 72.2 Å². The Morgan fingerprint density at radius 2 is 1.51 bits per heavy atom. The monoisotopic (exact) mass is 933 g/mol. The van der Waals surface area contributed by atoms with Gasteiger partial charge in [0.2, 0.25) is 17.7 Å². The van der Waals surface area contributed by atoms with Crippen molar-refractivity contribution in [1.82, 2.24) is 15.5 Å². The Hall–Kier alpha value is -4.38. The Balaban J connectivity index is 1.75. The van der Waals surface area contributed by atoms with E-state index in [-0.39, 0.29) is 42.9 Å². The van der Waals surface area contributed by atoms with Gasteiger partial charge in [0.15, 0.2) is 0 Å². The summed E-state index contributed by atoms with van der Waals surface area (Å²) in [6, 6.07) is -3.81. The number of thioether (sulfide) groups is 1. The van der Waals surface area contributed by atoms with E-state index in [1.807, 2.05) is 20.8 Å². The molecular weight excluding hydrogens is 857 g/mol. The van der Waals surface area contributed by atoms with Gasteiger partial charge in [0, 0.05) is 30.0 Å². The molecule has 1 aromatic carbocycles. The van der Waals surface area contributed by atoms with Gasteiger partial charge in [0.25, 0.3) is 0 Å². The molecule has 0 spiro atoms. The summed E-state index contributed by atoms with van der Waals surface area (Å²) in [6.45, 7) is 16.4. The van der Waals surface area contributed by atoms with Gasteiger partial charge in [-0.1, -0.05) is 72.6 Å². The molecule has 3 amide bonds. The molecule has 0 bridgehead atoms. The number of hydrogen-bond acceptors (Lipinski definition) is 11. The molecule has 2 aliphatic heterocycles. The number of fused-ring (bicyclic) bond motifs is 1. The number of ether oxygens (including phenoxy) is 2. The Bertz CT molecular complexity index is 1840. The third kappa shape index (κ3) is 17.1. The number of carboxylic acids is 3. The lowest BCUT2D eigenvalue weighted by Crippen LogP contribution is -2.50. The van der Waals surface area contributed by atoms with Crippen LogP contribution < -0.4 is 25.8 Å². The number of carbonyl (C=O) groups is 7. The van der Waals surface area contributed by atoms with Gasteiger partial charge in [0.05, 0.1) is 0 Å². The summed E-state index contributed by atoms with van der Waals surface area (Å²) in [5, 5.41) is 32.7. The van der Waals surface area contributed by atoms with E-state index in [1.54, 1.807) is 0 Å². The fourth-order valence-corrected chi connectivity index (χ4v) is 9.88. The van der Waals surface area contributed by atoms with Gasteiger partial charge < -0.3 is 46.1 Å². The highest BCUT2D eigenvalue weighted by Crippen LogP contribution is 2.45. The maximum Gasteiger partial charge on any atom is 0.326 e. The molecule has 1 aromatic rings. The van der Waals surface area contributed by atoms with Crippen LogP contribution in [0.5, 0.6) is 11.5 Å². The Kier molecular flexibility index (Phi) is 22.1. The molecule has 0 aromatic heterocycles. The van der Waals surface area contributed by atoms with Gasteiger partial charge >= 0.3 is 23.9 Å². The van der Waals surface area contributed by atoms with Crippen molar-refractivity contribution in [2.24, 2.45) is 29.4 Å². The van der Waals surface area contributed by atoms with Crippen LogP contribution in [-0.4, -0.2) is 110 Å². The summed E-state index contributed by atoms with van der Waals surface area (Å²) in [7, 11) is 0. The van der Waals surface area contributed by atoms with E-state index in [4.69, 9.17) is 25.4 Å².